The Labute approximate surface area is 118 Å². The molecule has 5 heteroatoms. The lowest BCUT2D eigenvalue weighted by atomic mass is 9.84. The standard InChI is InChI=1S/C15H21NO4/c1-3-15(14(19)20)4-5-16(9-15)10(2)11-6-12(17)8-13(18)7-11/h6-8,10,17-18H,3-5,9H2,1-2H3,(H,19,20). The minimum Gasteiger partial charge on any atom is -0.508 e. The largest absolute Gasteiger partial charge is 0.508 e. The van der Waals surface area contributed by atoms with Gasteiger partial charge in [-0.1, -0.05) is 6.92 Å². The zero-order valence-electron chi connectivity index (χ0n) is 11.8. The highest BCUT2D eigenvalue weighted by Gasteiger charge is 2.44. The van der Waals surface area contributed by atoms with E-state index in [1.54, 1.807) is 12.1 Å². The van der Waals surface area contributed by atoms with Crippen molar-refractivity contribution in [2.24, 2.45) is 5.41 Å². The van der Waals surface area contributed by atoms with Crippen molar-refractivity contribution in [1.29, 1.82) is 0 Å². The molecule has 0 radical (unpaired) electrons. The Balaban J connectivity index is 2.19. The number of nitrogens with zero attached hydrogens (tertiary/aromatic N) is 1. The molecule has 2 rings (SSSR count). The summed E-state index contributed by atoms with van der Waals surface area (Å²) in [5.74, 6) is -0.703. The molecule has 0 aliphatic carbocycles. The summed E-state index contributed by atoms with van der Waals surface area (Å²) in [6, 6.07) is 4.46. The molecule has 20 heavy (non-hydrogen) atoms. The second-order valence-electron chi connectivity index (χ2n) is 5.62. The van der Waals surface area contributed by atoms with Crippen LogP contribution in [0, 0.1) is 5.41 Å². The van der Waals surface area contributed by atoms with E-state index in [2.05, 4.69) is 4.90 Å². The molecule has 0 spiro atoms. The van der Waals surface area contributed by atoms with Gasteiger partial charge >= 0.3 is 5.97 Å². The summed E-state index contributed by atoms with van der Waals surface area (Å²) in [6.07, 6.45) is 1.24. The van der Waals surface area contributed by atoms with Crippen LogP contribution in [-0.4, -0.2) is 39.3 Å². The maximum atomic E-state index is 11.5. The summed E-state index contributed by atoms with van der Waals surface area (Å²) in [4.78, 5) is 13.5. The topological polar surface area (TPSA) is 81.0 Å². The first-order valence-corrected chi connectivity index (χ1v) is 6.88. The van der Waals surface area contributed by atoms with Gasteiger partial charge in [-0.15, -0.1) is 0 Å². The van der Waals surface area contributed by atoms with Crippen molar-refractivity contribution < 1.29 is 20.1 Å². The molecule has 2 unspecified atom stereocenters. The summed E-state index contributed by atoms with van der Waals surface area (Å²) >= 11 is 0. The van der Waals surface area contributed by atoms with E-state index < -0.39 is 11.4 Å². The minimum atomic E-state index is -0.742. The van der Waals surface area contributed by atoms with Crippen LogP contribution in [0.1, 0.15) is 38.3 Å². The molecule has 1 heterocycles. The van der Waals surface area contributed by atoms with Crippen molar-refractivity contribution in [2.75, 3.05) is 13.1 Å². The van der Waals surface area contributed by atoms with E-state index >= 15 is 0 Å². The van der Waals surface area contributed by atoms with Crippen LogP contribution >= 0.6 is 0 Å². The average molecular weight is 279 g/mol. The molecule has 3 N–H and O–H groups in total. The van der Waals surface area contributed by atoms with Crippen molar-refractivity contribution in [3.63, 3.8) is 0 Å². The monoisotopic (exact) mass is 279 g/mol. The van der Waals surface area contributed by atoms with Gasteiger partial charge in [0.2, 0.25) is 0 Å². The van der Waals surface area contributed by atoms with Gasteiger partial charge < -0.3 is 15.3 Å². The summed E-state index contributed by atoms with van der Waals surface area (Å²) in [6.45, 7) is 5.07. The Kier molecular flexibility index (Phi) is 3.90. The molecule has 1 aromatic carbocycles. The molecule has 1 aromatic rings. The number of aliphatic carboxylic acids is 1. The quantitative estimate of drug-likeness (QED) is 0.788. The molecule has 0 aromatic heterocycles. The Morgan fingerprint density at radius 3 is 2.40 bits per heavy atom. The maximum Gasteiger partial charge on any atom is 0.310 e. The summed E-state index contributed by atoms with van der Waals surface area (Å²) < 4.78 is 0. The number of phenolic OH excluding ortho intramolecular Hbond substituents is 2. The fourth-order valence-corrected chi connectivity index (χ4v) is 2.92. The number of phenols is 2. The normalized spacial score (nSPS) is 24.7. The summed E-state index contributed by atoms with van der Waals surface area (Å²) in [5.41, 5.74) is 0.118. The molecule has 1 aliphatic rings. The summed E-state index contributed by atoms with van der Waals surface area (Å²) in [7, 11) is 0. The van der Waals surface area contributed by atoms with Crippen molar-refractivity contribution in [3.05, 3.63) is 23.8 Å². The molecule has 1 aliphatic heterocycles. The van der Waals surface area contributed by atoms with Crippen molar-refractivity contribution in [3.8, 4) is 11.5 Å². The number of carbonyl (C=O) groups is 1. The van der Waals surface area contributed by atoms with Gasteiger partial charge in [-0.2, -0.15) is 0 Å². The van der Waals surface area contributed by atoms with Crippen molar-refractivity contribution in [1.82, 2.24) is 4.90 Å². The lowest BCUT2D eigenvalue weighted by Crippen LogP contribution is -2.34. The zero-order valence-corrected chi connectivity index (χ0v) is 11.8. The highest BCUT2D eigenvalue weighted by molar-refractivity contribution is 5.75. The van der Waals surface area contributed by atoms with Gasteiger partial charge in [0.25, 0.3) is 0 Å². The second-order valence-corrected chi connectivity index (χ2v) is 5.62. The number of carboxylic acid groups (broad SMARTS) is 1. The van der Waals surface area contributed by atoms with E-state index in [9.17, 15) is 20.1 Å². The first-order chi connectivity index (χ1) is 9.38. The molecule has 0 bridgehead atoms. The predicted octanol–water partition coefficient (Wildman–Crippen LogP) is 2.35. The minimum absolute atomic E-state index is 0.0195. The van der Waals surface area contributed by atoms with Gasteiger partial charge in [0.1, 0.15) is 11.5 Å². The first kappa shape index (κ1) is 14.7. The molecule has 2 atom stereocenters. The van der Waals surface area contributed by atoms with Crippen molar-refractivity contribution >= 4 is 5.97 Å². The van der Waals surface area contributed by atoms with E-state index in [0.717, 1.165) is 5.56 Å². The Morgan fingerprint density at radius 2 is 1.95 bits per heavy atom. The van der Waals surface area contributed by atoms with Crippen LogP contribution in [0.5, 0.6) is 11.5 Å². The van der Waals surface area contributed by atoms with Crippen LogP contribution in [0.3, 0.4) is 0 Å². The first-order valence-electron chi connectivity index (χ1n) is 6.88. The predicted molar refractivity (Wildman–Crippen MR) is 74.7 cm³/mol. The molecule has 1 fully saturated rings. The van der Waals surface area contributed by atoms with Crippen LogP contribution in [0.25, 0.3) is 0 Å². The van der Waals surface area contributed by atoms with Crippen LogP contribution in [0.4, 0.5) is 0 Å². The van der Waals surface area contributed by atoms with E-state index in [-0.39, 0.29) is 17.5 Å². The summed E-state index contributed by atoms with van der Waals surface area (Å²) in [5, 5.41) is 28.5. The van der Waals surface area contributed by atoms with Gasteiger partial charge in [0.15, 0.2) is 0 Å². The van der Waals surface area contributed by atoms with Crippen LogP contribution in [0.2, 0.25) is 0 Å². The highest BCUT2D eigenvalue weighted by Crippen LogP contribution is 2.39. The third kappa shape index (κ3) is 2.58. The number of hydrogen-bond donors (Lipinski definition) is 3. The van der Waals surface area contributed by atoms with Gasteiger partial charge in [0.05, 0.1) is 5.41 Å². The average Bonchev–Trinajstić information content (AvgIpc) is 2.82. The molecule has 1 saturated heterocycles. The fraction of sp³-hybridized carbons (Fsp3) is 0.533. The Morgan fingerprint density at radius 1 is 1.35 bits per heavy atom. The molecular formula is C15H21NO4. The van der Waals surface area contributed by atoms with Crippen LogP contribution < -0.4 is 0 Å². The maximum absolute atomic E-state index is 11.5. The number of carboxylic acids is 1. The van der Waals surface area contributed by atoms with Gasteiger partial charge in [-0.05, 0) is 44.0 Å². The number of rotatable bonds is 4. The van der Waals surface area contributed by atoms with Crippen molar-refractivity contribution in [2.45, 2.75) is 32.7 Å². The zero-order chi connectivity index (χ0) is 14.9. The SMILES string of the molecule is CCC1(C(=O)O)CCN(C(C)c2cc(O)cc(O)c2)C1. The Hall–Kier alpha value is -1.75. The van der Waals surface area contributed by atoms with E-state index in [0.29, 0.717) is 25.9 Å². The number of likely N-dealkylation sites (tertiary alicyclic amines) is 1. The third-order valence-electron chi connectivity index (χ3n) is 4.47. The third-order valence-corrected chi connectivity index (χ3v) is 4.47. The van der Waals surface area contributed by atoms with E-state index in [1.807, 2.05) is 13.8 Å². The number of aromatic hydroxyl groups is 2. The van der Waals surface area contributed by atoms with Gasteiger partial charge in [-0.25, -0.2) is 0 Å². The fourth-order valence-electron chi connectivity index (χ4n) is 2.92. The molecular weight excluding hydrogens is 258 g/mol. The second kappa shape index (κ2) is 5.32. The Bertz CT molecular complexity index is 496. The molecule has 0 amide bonds. The van der Waals surface area contributed by atoms with Crippen LogP contribution in [0.15, 0.2) is 18.2 Å². The van der Waals surface area contributed by atoms with Gasteiger partial charge in [0, 0.05) is 18.7 Å². The molecule has 110 valence electrons. The lowest BCUT2D eigenvalue weighted by molar-refractivity contribution is -0.148. The van der Waals surface area contributed by atoms with E-state index in [1.165, 1.54) is 6.07 Å². The number of hydrogen-bond acceptors (Lipinski definition) is 4. The smallest absolute Gasteiger partial charge is 0.310 e. The lowest BCUT2D eigenvalue weighted by Gasteiger charge is -2.27. The van der Waals surface area contributed by atoms with Gasteiger partial charge in [-0.3, -0.25) is 9.69 Å². The number of benzene rings is 1. The van der Waals surface area contributed by atoms with E-state index in [4.69, 9.17) is 0 Å². The molecule has 5 nitrogen and oxygen atoms in total. The van der Waals surface area contributed by atoms with Crippen LogP contribution in [-0.2, 0) is 4.79 Å². The molecule has 0 saturated carbocycles. The highest BCUT2D eigenvalue weighted by atomic mass is 16.4.